The second-order valence-electron chi connectivity index (χ2n) is 8.28. The smallest absolute Gasteiger partial charge is 0.294 e. The van der Waals surface area contributed by atoms with E-state index in [4.69, 9.17) is 11.6 Å². The van der Waals surface area contributed by atoms with Gasteiger partial charge in [0.1, 0.15) is 0 Å². The summed E-state index contributed by atoms with van der Waals surface area (Å²) in [5.74, 6) is -0.688. The molecular weight excluding hydrogens is 360 g/mol. The zero-order chi connectivity index (χ0) is 18.8. The Morgan fingerprint density at radius 2 is 1.52 bits per heavy atom. The molecule has 0 radical (unpaired) electrons. The van der Waals surface area contributed by atoms with Crippen LogP contribution in [0.5, 0.6) is 0 Å². The Balaban J connectivity index is 1.47. The molecule has 4 rings (SSSR count). The molecule has 1 saturated carbocycles. The highest BCUT2D eigenvalue weighted by atomic mass is 35.5. The fraction of sp³-hybridized carbons (Fsp3) is 0.636. The Labute approximate surface area is 166 Å². The minimum absolute atomic E-state index is 0.101. The first kappa shape index (κ1) is 18.9. The molecule has 4 nitrogen and oxygen atoms in total. The number of nitrogens with zero attached hydrogens (tertiary/aromatic N) is 2. The van der Waals surface area contributed by atoms with Gasteiger partial charge in [0.25, 0.3) is 5.91 Å². The van der Waals surface area contributed by atoms with Crippen molar-refractivity contribution in [2.45, 2.75) is 76.3 Å². The van der Waals surface area contributed by atoms with Crippen molar-refractivity contribution in [3.05, 3.63) is 28.8 Å². The summed E-state index contributed by atoms with van der Waals surface area (Å²) in [5, 5.41) is 0.588. The van der Waals surface area contributed by atoms with Gasteiger partial charge >= 0.3 is 0 Å². The van der Waals surface area contributed by atoms with Crippen molar-refractivity contribution in [1.29, 1.82) is 0 Å². The van der Waals surface area contributed by atoms with Gasteiger partial charge in [-0.1, -0.05) is 49.8 Å². The van der Waals surface area contributed by atoms with Crippen LogP contribution in [-0.4, -0.2) is 41.8 Å². The number of carbonyl (C=O) groups is 2. The van der Waals surface area contributed by atoms with Crippen molar-refractivity contribution in [1.82, 2.24) is 4.90 Å². The Morgan fingerprint density at radius 3 is 2.22 bits per heavy atom. The molecule has 2 aliphatic heterocycles. The lowest BCUT2D eigenvalue weighted by atomic mass is 9.91. The zero-order valence-electron chi connectivity index (χ0n) is 16.0. The van der Waals surface area contributed by atoms with Crippen LogP contribution in [0.15, 0.2) is 18.2 Å². The lowest BCUT2D eigenvalue weighted by Gasteiger charge is -2.43. The van der Waals surface area contributed by atoms with Crippen LogP contribution in [0, 0.1) is 0 Å². The number of Topliss-reactive ketones (excluding diaryl/α,β-unsaturated/α-hetero) is 1. The lowest BCUT2D eigenvalue weighted by Crippen LogP contribution is -2.53. The fourth-order valence-electron chi connectivity index (χ4n) is 5.10. The molecular formula is C22H29ClN2O2. The van der Waals surface area contributed by atoms with Crippen molar-refractivity contribution in [2.75, 3.05) is 18.0 Å². The van der Waals surface area contributed by atoms with E-state index in [0.717, 1.165) is 37.2 Å². The minimum Gasteiger partial charge on any atom is -0.302 e. The number of benzene rings is 1. The Kier molecular flexibility index (Phi) is 5.84. The SMILES string of the molecule is O=C1Cc2c(Cl)cccc2N(C2CCN(C3CCCCCCC3)CC2)C1=O. The molecule has 1 saturated heterocycles. The number of anilines is 1. The van der Waals surface area contributed by atoms with E-state index in [2.05, 4.69) is 4.90 Å². The molecule has 0 bridgehead atoms. The number of piperidine rings is 1. The molecule has 2 fully saturated rings. The number of ketones is 1. The first-order chi connectivity index (χ1) is 13.1. The Morgan fingerprint density at radius 1 is 0.852 bits per heavy atom. The molecule has 2 heterocycles. The number of hydrogen-bond acceptors (Lipinski definition) is 3. The summed E-state index contributed by atoms with van der Waals surface area (Å²) in [5.41, 5.74) is 1.66. The van der Waals surface area contributed by atoms with E-state index in [-0.39, 0.29) is 24.2 Å². The van der Waals surface area contributed by atoms with E-state index in [0.29, 0.717) is 11.1 Å². The number of carbonyl (C=O) groups excluding carboxylic acids is 2. The lowest BCUT2D eigenvalue weighted by molar-refractivity contribution is -0.136. The van der Waals surface area contributed by atoms with Crippen LogP contribution >= 0.6 is 11.6 Å². The van der Waals surface area contributed by atoms with Crippen LogP contribution in [0.1, 0.15) is 63.4 Å². The van der Waals surface area contributed by atoms with Gasteiger partial charge in [-0.25, -0.2) is 0 Å². The molecule has 0 spiro atoms. The summed E-state index contributed by atoms with van der Waals surface area (Å²) in [6.45, 7) is 2.03. The largest absolute Gasteiger partial charge is 0.302 e. The molecule has 5 heteroatoms. The molecule has 0 atom stereocenters. The first-order valence-electron chi connectivity index (χ1n) is 10.5. The van der Waals surface area contributed by atoms with E-state index in [9.17, 15) is 9.59 Å². The number of fused-ring (bicyclic) bond motifs is 1. The van der Waals surface area contributed by atoms with Gasteiger partial charge in [-0.2, -0.15) is 0 Å². The quantitative estimate of drug-likeness (QED) is 0.706. The predicted octanol–water partition coefficient (Wildman–Crippen LogP) is 4.38. The van der Waals surface area contributed by atoms with Crippen LogP contribution in [0.3, 0.4) is 0 Å². The van der Waals surface area contributed by atoms with Crippen molar-refractivity contribution in [3.8, 4) is 0 Å². The highest BCUT2D eigenvalue weighted by Crippen LogP contribution is 2.36. The third-order valence-electron chi connectivity index (χ3n) is 6.60. The zero-order valence-corrected chi connectivity index (χ0v) is 16.7. The van der Waals surface area contributed by atoms with E-state index in [1.807, 2.05) is 12.1 Å². The fourth-order valence-corrected chi connectivity index (χ4v) is 5.34. The number of likely N-dealkylation sites (tertiary alicyclic amines) is 1. The first-order valence-corrected chi connectivity index (χ1v) is 10.9. The van der Waals surface area contributed by atoms with Gasteiger partial charge in [-0.05, 0) is 37.8 Å². The summed E-state index contributed by atoms with van der Waals surface area (Å²) in [7, 11) is 0. The summed E-state index contributed by atoms with van der Waals surface area (Å²) < 4.78 is 0. The molecule has 0 unspecified atom stereocenters. The molecule has 1 aromatic rings. The van der Waals surface area contributed by atoms with Crippen LogP contribution in [0.25, 0.3) is 0 Å². The van der Waals surface area contributed by atoms with Gasteiger partial charge in [-0.15, -0.1) is 0 Å². The summed E-state index contributed by atoms with van der Waals surface area (Å²) in [6.07, 6.45) is 11.4. The second kappa shape index (κ2) is 8.32. The maximum absolute atomic E-state index is 12.7. The van der Waals surface area contributed by atoms with Crippen molar-refractivity contribution < 1.29 is 9.59 Å². The standard InChI is InChI=1S/C22H29ClN2O2/c23-19-9-6-10-20-18(19)15-21(26)22(27)25(20)17-11-13-24(14-12-17)16-7-4-2-1-3-5-8-16/h6,9-10,16-17H,1-5,7-8,11-15H2. The molecule has 0 N–H and O–H groups in total. The molecule has 1 amide bonds. The average molecular weight is 389 g/mol. The molecule has 1 aliphatic carbocycles. The summed E-state index contributed by atoms with van der Waals surface area (Å²) in [6, 6.07) is 6.42. The maximum Gasteiger partial charge on any atom is 0.294 e. The van der Waals surface area contributed by atoms with Gasteiger partial charge in [0.15, 0.2) is 0 Å². The number of amides is 1. The van der Waals surface area contributed by atoms with Gasteiger partial charge < -0.3 is 9.80 Å². The highest BCUT2D eigenvalue weighted by Gasteiger charge is 2.38. The van der Waals surface area contributed by atoms with Crippen molar-refractivity contribution in [2.24, 2.45) is 0 Å². The van der Waals surface area contributed by atoms with Gasteiger partial charge in [-0.3, -0.25) is 9.59 Å². The highest BCUT2D eigenvalue weighted by molar-refractivity contribution is 6.44. The van der Waals surface area contributed by atoms with Crippen LogP contribution in [0.4, 0.5) is 5.69 Å². The Bertz CT molecular complexity index is 704. The van der Waals surface area contributed by atoms with Crippen LogP contribution in [-0.2, 0) is 16.0 Å². The average Bonchev–Trinajstić information content (AvgIpc) is 2.64. The summed E-state index contributed by atoms with van der Waals surface area (Å²) >= 11 is 6.31. The third kappa shape index (κ3) is 3.93. The number of rotatable bonds is 2. The topological polar surface area (TPSA) is 40.6 Å². The summed E-state index contributed by atoms with van der Waals surface area (Å²) in [4.78, 5) is 29.4. The molecule has 27 heavy (non-hydrogen) atoms. The Hall–Kier alpha value is -1.39. The van der Waals surface area contributed by atoms with Crippen LogP contribution in [0.2, 0.25) is 5.02 Å². The molecule has 146 valence electrons. The van der Waals surface area contributed by atoms with Crippen molar-refractivity contribution in [3.63, 3.8) is 0 Å². The van der Waals surface area contributed by atoms with E-state index >= 15 is 0 Å². The van der Waals surface area contributed by atoms with Gasteiger partial charge in [0, 0.05) is 47.9 Å². The normalized spacial score (nSPS) is 23.8. The van der Waals surface area contributed by atoms with Crippen LogP contribution < -0.4 is 4.90 Å². The second-order valence-corrected chi connectivity index (χ2v) is 8.69. The van der Waals surface area contributed by atoms with Gasteiger partial charge in [0.05, 0.1) is 0 Å². The number of hydrogen-bond donors (Lipinski definition) is 0. The van der Waals surface area contributed by atoms with E-state index in [1.165, 1.54) is 44.9 Å². The maximum atomic E-state index is 12.7. The molecule has 1 aromatic carbocycles. The predicted molar refractivity (Wildman–Crippen MR) is 108 cm³/mol. The molecule has 0 aromatic heterocycles. The number of halogens is 1. The minimum atomic E-state index is -0.353. The molecule has 3 aliphatic rings. The monoisotopic (exact) mass is 388 g/mol. The third-order valence-corrected chi connectivity index (χ3v) is 6.96. The van der Waals surface area contributed by atoms with E-state index in [1.54, 1.807) is 11.0 Å². The van der Waals surface area contributed by atoms with Crippen molar-refractivity contribution >= 4 is 29.0 Å². The van der Waals surface area contributed by atoms with E-state index < -0.39 is 0 Å². The van der Waals surface area contributed by atoms with Gasteiger partial charge in [0.2, 0.25) is 5.78 Å².